The van der Waals surface area contributed by atoms with Gasteiger partial charge in [0.05, 0.1) is 25.8 Å². The fourth-order valence-corrected chi connectivity index (χ4v) is 5.35. The van der Waals surface area contributed by atoms with Crippen molar-refractivity contribution < 1.29 is 18.7 Å². The average molecular weight is 551 g/mol. The average Bonchev–Trinajstić information content (AvgIpc) is 3.48. The summed E-state index contributed by atoms with van der Waals surface area (Å²) in [5.41, 5.74) is 1.33. The van der Waals surface area contributed by atoms with E-state index in [9.17, 15) is 9.18 Å². The number of rotatable bonds is 11. The lowest BCUT2D eigenvalue weighted by atomic mass is 10.1. The molecule has 2 aliphatic rings. The third-order valence-electron chi connectivity index (χ3n) is 7.63. The minimum Gasteiger partial charge on any atom is -0.493 e. The summed E-state index contributed by atoms with van der Waals surface area (Å²) in [7, 11) is 5.52. The van der Waals surface area contributed by atoms with E-state index in [1.165, 1.54) is 38.1 Å². The highest BCUT2D eigenvalue weighted by Crippen LogP contribution is 2.36. The summed E-state index contributed by atoms with van der Waals surface area (Å²) in [6, 6.07) is 9.68. The minimum absolute atomic E-state index is 0.00599. The van der Waals surface area contributed by atoms with Gasteiger partial charge in [0, 0.05) is 63.8 Å². The number of methoxy groups -OCH3 is 1. The van der Waals surface area contributed by atoms with Crippen molar-refractivity contribution >= 4 is 28.5 Å². The molecule has 3 aromatic rings. The molecule has 2 aromatic carbocycles. The molecule has 10 heteroatoms. The fraction of sp³-hybridized carbons (Fsp3) is 0.500. The predicted molar refractivity (Wildman–Crippen MR) is 156 cm³/mol. The number of carbonyl (C=O) groups excluding carboxylic acids is 1. The molecule has 214 valence electrons. The third kappa shape index (κ3) is 6.62. The number of carbonyl (C=O) groups is 1. The van der Waals surface area contributed by atoms with Crippen LogP contribution in [0.1, 0.15) is 29.6 Å². The van der Waals surface area contributed by atoms with Crippen molar-refractivity contribution in [3.05, 3.63) is 47.8 Å². The van der Waals surface area contributed by atoms with Gasteiger partial charge in [-0.15, -0.1) is 0 Å². The zero-order chi connectivity index (χ0) is 28.1. The molecule has 5 rings (SSSR count). The monoisotopic (exact) mass is 550 g/mol. The van der Waals surface area contributed by atoms with Gasteiger partial charge in [-0.25, -0.2) is 9.37 Å². The molecule has 0 aliphatic carbocycles. The smallest absolute Gasteiger partial charge is 0.227 e. The molecule has 0 N–H and O–H groups in total. The van der Waals surface area contributed by atoms with Crippen LogP contribution in [-0.2, 0) is 0 Å². The van der Waals surface area contributed by atoms with E-state index in [1.807, 2.05) is 31.1 Å². The molecule has 0 atom stereocenters. The lowest BCUT2D eigenvalue weighted by Crippen LogP contribution is -2.48. The molecule has 0 spiro atoms. The van der Waals surface area contributed by atoms with Crippen molar-refractivity contribution in [2.75, 3.05) is 90.0 Å². The summed E-state index contributed by atoms with van der Waals surface area (Å²) in [5.74, 6) is 2.48. The lowest BCUT2D eigenvalue weighted by Gasteiger charge is -2.35. The van der Waals surface area contributed by atoms with Crippen molar-refractivity contribution in [3.8, 4) is 11.5 Å². The predicted octanol–water partition coefficient (Wildman–Crippen LogP) is 3.71. The second kappa shape index (κ2) is 12.8. The van der Waals surface area contributed by atoms with Gasteiger partial charge in [0.2, 0.25) is 5.95 Å². The Labute approximate surface area is 235 Å². The topological polar surface area (TPSA) is 74.3 Å². The summed E-state index contributed by atoms with van der Waals surface area (Å²) in [6.45, 7) is 7.20. The lowest BCUT2D eigenvalue weighted by molar-refractivity contribution is 0.0926. The number of piperazine rings is 1. The van der Waals surface area contributed by atoms with E-state index in [1.54, 1.807) is 19.2 Å². The van der Waals surface area contributed by atoms with Crippen LogP contribution in [0.15, 0.2) is 36.4 Å². The van der Waals surface area contributed by atoms with Crippen molar-refractivity contribution in [1.29, 1.82) is 0 Å². The van der Waals surface area contributed by atoms with Gasteiger partial charge in [-0.2, -0.15) is 4.98 Å². The molecule has 40 heavy (non-hydrogen) atoms. The zero-order valence-electron chi connectivity index (χ0n) is 23.7. The first-order valence-corrected chi connectivity index (χ1v) is 14.1. The molecule has 0 radical (unpaired) electrons. The van der Waals surface area contributed by atoms with Gasteiger partial charge >= 0.3 is 0 Å². The van der Waals surface area contributed by atoms with Crippen molar-refractivity contribution in [3.63, 3.8) is 0 Å². The molecule has 0 bridgehead atoms. The highest BCUT2D eigenvalue weighted by atomic mass is 19.1. The maximum Gasteiger partial charge on any atom is 0.227 e. The normalized spacial score (nSPS) is 16.4. The maximum absolute atomic E-state index is 13.2. The molecular weight excluding hydrogens is 511 g/mol. The number of hydrogen-bond acceptors (Lipinski definition) is 9. The molecule has 0 amide bonds. The van der Waals surface area contributed by atoms with Crippen molar-refractivity contribution in [2.45, 2.75) is 19.3 Å². The Morgan fingerprint density at radius 1 is 0.950 bits per heavy atom. The summed E-state index contributed by atoms with van der Waals surface area (Å²) in [4.78, 5) is 31.2. The third-order valence-corrected chi connectivity index (χ3v) is 7.63. The summed E-state index contributed by atoms with van der Waals surface area (Å²) in [6.07, 6.45) is 3.55. The van der Waals surface area contributed by atoms with Crippen LogP contribution < -0.4 is 19.3 Å². The number of Topliss-reactive ketones (excluding diaryl/α,β-unsaturated/α-hetero) is 1. The molecule has 2 fully saturated rings. The van der Waals surface area contributed by atoms with Crippen LogP contribution in [0.2, 0.25) is 0 Å². The van der Waals surface area contributed by atoms with Gasteiger partial charge in [0.25, 0.3) is 0 Å². The van der Waals surface area contributed by atoms with E-state index in [0.29, 0.717) is 62.3 Å². The van der Waals surface area contributed by atoms with Crippen LogP contribution in [0.4, 0.5) is 16.2 Å². The molecule has 0 unspecified atom stereocenters. The number of hydrogen-bond donors (Lipinski definition) is 0. The van der Waals surface area contributed by atoms with Crippen LogP contribution in [0.25, 0.3) is 10.9 Å². The highest BCUT2D eigenvalue weighted by molar-refractivity contribution is 5.97. The second-order valence-electron chi connectivity index (χ2n) is 10.7. The first-order valence-electron chi connectivity index (χ1n) is 14.1. The largest absolute Gasteiger partial charge is 0.493 e. The van der Waals surface area contributed by atoms with Crippen LogP contribution in [0, 0.1) is 5.82 Å². The van der Waals surface area contributed by atoms with Gasteiger partial charge in [0.1, 0.15) is 11.6 Å². The van der Waals surface area contributed by atoms with Crippen molar-refractivity contribution in [2.24, 2.45) is 0 Å². The molecule has 2 aliphatic heterocycles. The quantitative estimate of drug-likeness (QED) is 0.262. The number of benzene rings is 2. The maximum atomic E-state index is 13.2. The van der Waals surface area contributed by atoms with E-state index in [2.05, 4.69) is 14.7 Å². The Kier molecular flexibility index (Phi) is 8.96. The first kappa shape index (κ1) is 28.0. The zero-order valence-corrected chi connectivity index (χ0v) is 23.7. The fourth-order valence-electron chi connectivity index (χ4n) is 5.35. The number of nitrogens with zero attached hydrogens (tertiary/aromatic N) is 6. The molecular formula is C30H39FN6O3. The summed E-state index contributed by atoms with van der Waals surface area (Å²) >= 11 is 0. The number of likely N-dealkylation sites (tertiary alicyclic amines) is 1. The molecule has 2 saturated heterocycles. The van der Waals surface area contributed by atoms with Crippen molar-refractivity contribution in [1.82, 2.24) is 19.8 Å². The minimum atomic E-state index is -0.341. The van der Waals surface area contributed by atoms with Gasteiger partial charge in [-0.05, 0) is 62.7 Å². The number of ether oxygens (including phenoxy) is 2. The number of fused-ring (bicyclic) bond motifs is 1. The Hall–Kier alpha value is -3.50. The van der Waals surface area contributed by atoms with Crippen LogP contribution in [0.5, 0.6) is 11.5 Å². The summed E-state index contributed by atoms with van der Waals surface area (Å²) in [5, 5.41) is 0.905. The Bertz CT molecular complexity index is 1310. The summed E-state index contributed by atoms with van der Waals surface area (Å²) < 4.78 is 25.1. The van der Waals surface area contributed by atoms with Gasteiger partial charge in [-0.3, -0.25) is 9.69 Å². The number of aromatic nitrogens is 2. The Morgan fingerprint density at radius 3 is 2.35 bits per heavy atom. The van der Waals surface area contributed by atoms with Gasteiger partial charge < -0.3 is 24.2 Å². The molecule has 3 heterocycles. The number of anilines is 2. The van der Waals surface area contributed by atoms with E-state index in [0.717, 1.165) is 29.7 Å². The molecule has 0 saturated carbocycles. The SMILES string of the molecule is COc1cc2c(N3CCN(CC(=O)c4ccc(F)cc4)CC3)nc(N(C)C)nc2cc1OCCCN1CCCC1. The van der Waals surface area contributed by atoms with Crippen LogP contribution in [-0.4, -0.2) is 106 Å². The van der Waals surface area contributed by atoms with Gasteiger partial charge in [-0.1, -0.05) is 0 Å². The van der Waals surface area contributed by atoms with E-state index < -0.39 is 0 Å². The van der Waals surface area contributed by atoms with Crippen LogP contribution >= 0.6 is 0 Å². The standard InChI is InChI=1S/C30H39FN6O3/c1-34(2)30-32-25-20-28(40-18-6-13-35-11-4-5-12-35)27(39-3)19-24(25)29(33-30)37-16-14-36(15-17-37)21-26(38)22-7-9-23(31)10-8-22/h7-10,19-20H,4-6,11-18,21H2,1-3H3. The first-order chi connectivity index (χ1) is 19.4. The number of ketones is 1. The second-order valence-corrected chi connectivity index (χ2v) is 10.7. The van der Waals surface area contributed by atoms with Crippen LogP contribution in [0.3, 0.4) is 0 Å². The number of halogens is 1. The highest BCUT2D eigenvalue weighted by Gasteiger charge is 2.24. The van der Waals surface area contributed by atoms with E-state index in [4.69, 9.17) is 19.4 Å². The molecule has 9 nitrogen and oxygen atoms in total. The molecule has 1 aromatic heterocycles. The van der Waals surface area contributed by atoms with Gasteiger partial charge in [0.15, 0.2) is 17.3 Å². The Balaban J connectivity index is 1.30. The van der Waals surface area contributed by atoms with E-state index >= 15 is 0 Å². The van der Waals surface area contributed by atoms with E-state index in [-0.39, 0.29) is 11.6 Å². The Morgan fingerprint density at radius 2 is 1.68 bits per heavy atom.